The third-order valence-electron chi connectivity index (χ3n) is 2.62. The molecule has 0 bridgehead atoms. The van der Waals surface area contributed by atoms with Gasteiger partial charge in [-0.25, -0.2) is 0 Å². The maximum atomic E-state index is 5.86. The lowest BCUT2D eigenvalue weighted by Gasteiger charge is -2.17. The van der Waals surface area contributed by atoms with Crippen LogP contribution < -0.4 is 10.2 Å². The zero-order valence-electron chi connectivity index (χ0n) is 8.79. The summed E-state index contributed by atoms with van der Waals surface area (Å²) in [6, 6.07) is 6.18. The van der Waals surface area contributed by atoms with Crippen molar-refractivity contribution in [2.75, 3.05) is 7.11 Å². The molecule has 2 unspecified atom stereocenters. The quantitative estimate of drug-likeness (QED) is 0.858. The summed E-state index contributed by atoms with van der Waals surface area (Å²) < 4.78 is 6.86. The van der Waals surface area contributed by atoms with Gasteiger partial charge in [-0.2, -0.15) is 5.48 Å². The van der Waals surface area contributed by atoms with E-state index >= 15 is 0 Å². The van der Waals surface area contributed by atoms with Crippen molar-refractivity contribution in [3.05, 3.63) is 28.2 Å². The molecule has 1 aliphatic heterocycles. The van der Waals surface area contributed by atoms with Crippen molar-refractivity contribution < 1.29 is 9.57 Å². The first-order chi connectivity index (χ1) is 7.27. The molecule has 0 aromatic heterocycles. The van der Waals surface area contributed by atoms with Gasteiger partial charge < -0.3 is 9.57 Å². The van der Waals surface area contributed by atoms with Crippen molar-refractivity contribution in [3.8, 4) is 5.75 Å². The number of benzene rings is 1. The lowest BCUT2D eigenvalue weighted by Crippen LogP contribution is -2.29. The third-order valence-corrected chi connectivity index (χ3v) is 3.25. The highest BCUT2D eigenvalue weighted by atomic mass is 79.9. The van der Waals surface area contributed by atoms with Crippen LogP contribution >= 0.6 is 15.9 Å². The van der Waals surface area contributed by atoms with Crippen LogP contribution in [0.4, 0.5) is 0 Å². The average molecular weight is 272 g/mol. The number of hydrogen-bond donors (Lipinski definition) is 1. The zero-order valence-corrected chi connectivity index (χ0v) is 10.4. The fraction of sp³-hybridized carbons (Fsp3) is 0.455. The molecule has 0 fully saturated rings. The van der Waals surface area contributed by atoms with Crippen LogP contribution in [0.25, 0.3) is 0 Å². The fourth-order valence-electron chi connectivity index (χ4n) is 1.90. The summed E-state index contributed by atoms with van der Waals surface area (Å²) in [4.78, 5) is 5.01. The van der Waals surface area contributed by atoms with Gasteiger partial charge in [0.05, 0.1) is 17.6 Å². The summed E-state index contributed by atoms with van der Waals surface area (Å²) in [5.74, 6) is 0.930. The minimum absolute atomic E-state index is 0.118. The standard InChI is InChI=1S/C11H14BrNO2/c1-3-9-10(13-14-2)7-5-4-6-8(12)11(7)15-9/h4-6,9-10,13H,3H2,1-2H3. The van der Waals surface area contributed by atoms with E-state index in [-0.39, 0.29) is 12.1 Å². The molecular formula is C11H14BrNO2. The van der Waals surface area contributed by atoms with E-state index in [1.165, 1.54) is 0 Å². The highest BCUT2D eigenvalue weighted by molar-refractivity contribution is 9.10. The molecule has 0 saturated heterocycles. The Morgan fingerprint density at radius 3 is 3.00 bits per heavy atom. The molecule has 0 aliphatic carbocycles. The van der Waals surface area contributed by atoms with Gasteiger partial charge in [-0.3, -0.25) is 0 Å². The summed E-state index contributed by atoms with van der Waals surface area (Å²) >= 11 is 3.49. The zero-order chi connectivity index (χ0) is 10.8. The third kappa shape index (κ3) is 1.89. The Kier molecular flexibility index (Phi) is 3.29. The maximum Gasteiger partial charge on any atom is 0.139 e. The first kappa shape index (κ1) is 10.9. The second kappa shape index (κ2) is 4.51. The van der Waals surface area contributed by atoms with Crippen LogP contribution in [0.15, 0.2) is 22.7 Å². The topological polar surface area (TPSA) is 30.5 Å². The van der Waals surface area contributed by atoms with Crippen molar-refractivity contribution >= 4 is 15.9 Å². The molecule has 4 heteroatoms. The molecule has 2 rings (SSSR count). The molecule has 0 amide bonds. The molecule has 1 aromatic rings. The lowest BCUT2D eigenvalue weighted by atomic mass is 10.0. The summed E-state index contributed by atoms with van der Waals surface area (Å²) in [6.45, 7) is 2.11. The predicted molar refractivity (Wildman–Crippen MR) is 61.7 cm³/mol. The number of hydroxylamine groups is 1. The van der Waals surface area contributed by atoms with E-state index in [1.807, 2.05) is 12.1 Å². The van der Waals surface area contributed by atoms with Gasteiger partial charge in [-0.05, 0) is 28.4 Å². The molecule has 0 radical (unpaired) electrons. The monoisotopic (exact) mass is 271 g/mol. The number of hydrogen-bond acceptors (Lipinski definition) is 3. The summed E-state index contributed by atoms with van der Waals surface area (Å²) in [6.07, 6.45) is 1.08. The van der Waals surface area contributed by atoms with Crippen molar-refractivity contribution in [3.63, 3.8) is 0 Å². The summed E-state index contributed by atoms with van der Waals surface area (Å²) in [7, 11) is 1.63. The van der Waals surface area contributed by atoms with E-state index in [4.69, 9.17) is 9.57 Å². The maximum absolute atomic E-state index is 5.86. The van der Waals surface area contributed by atoms with Crippen LogP contribution in [0.3, 0.4) is 0 Å². The van der Waals surface area contributed by atoms with Gasteiger partial charge in [0, 0.05) is 5.56 Å². The van der Waals surface area contributed by atoms with Crippen molar-refractivity contribution in [2.45, 2.75) is 25.5 Å². The van der Waals surface area contributed by atoms with Crippen LogP contribution in [0, 0.1) is 0 Å². The van der Waals surface area contributed by atoms with E-state index in [2.05, 4.69) is 34.4 Å². The Bertz CT molecular complexity index is 356. The van der Waals surface area contributed by atoms with Crippen molar-refractivity contribution in [1.82, 2.24) is 5.48 Å². The SMILES string of the molecule is CCC1Oc2c(Br)cccc2C1NOC. The molecule has 1 N–H and O–H groups in total. The first-order valence-electron chi connectivity index (χ1n) is 5.01. The van der Waals surface area contributed by atoms with Gasteiger partial charge in [-0.1, -0.05) is 19.1 Å². The Morgan fingerprint density at radius 2 is 2.33 bits per heavy atom. The number of ether oxygens (including phenoxy) is 1. The molecule has 0 spiro atoms. The van der Waals surface area contributed by atoms with Gasteiger partial charge in [0.15, 0.2) is 0 Å². The van der Waals surface area contributed by atoms with E-state index in [0.29, 0.717) is 0 Å². The molecule has 1 aromatic carbocycles. The first-order valence-corrected chi connectivity index (χ1v) is 5.80. The number of nitrogens with one attached hydrogen (secondary N) is 1. The van der Waals surface area contributed by atoms with Crippen molar-refractivity contribution in [1.29, 1.82) is 0 Å². The number of rotatable bonds is 3. The average Bonchev–Trinajstić information content (AvgIpc) is 2.59. The van der Waals surface area contributed by atoms with Crippen LogP contribution in [-0.2, 0) is 4.84 Å². The minimum Gasteiger partial charge on any atom is -0.487 e. The smallest absolute Gasteiger partial charge is 0.139 e. The van der Waals surface area contributed by atoms with Crippen LogP contribution in [0.5, 0.6) is 5.75 Å². The van der Waals surface area contributed by atoms with E-state index in [1.54, 1.807) is 7.11 Å². The lowest BCUT2D eigenvalue weighted by molar-refractivity contribution is 0.0283. The number of halogens is 1. The van der Waals surface area contributed by atoms with Gasteiger partial charge in [-0.15, -0.1) is 0 Å². The highest BCUT2D eigenvalue weighted by Gasteiger charge is 2.34. The van der Waals surface area contributed by atoms with E-state index < -0.39 is 0 Å². The summed E-state index contributed by atoms with van der Waals surface area (Å²) in [5, 5.41) is 0. The predicted octanol–water partition coefficient (Wildman–Crippen LogP) is 2.81. The molecule has 82 valence electrons. The normalized spacial score (nSPS) is 23.7. The molecule has 15 heavy (non-hydrogen) atoms. The Morgan fingerprint density at radius 1 is 1.53 bits per heavy atom. The molecule has 2 atom stereocenters. The largest absolute Gasteiger partial charge is 0.487 e. The molecule has 1 heterocycles. The number of fused-ring (bicyclic) bond motifs is 1. The molecule has 0 saturated carbocycles. The summed E-state index contributed by atoms with van der Waals surface area (Å²) in [5.41, 5.74) is 4.13. The molecular weight excluding hydrogens is 258 g/mol. The Hall–Kier alpha value is -0.580. The van der Waals surface area contributed by atoms with Gasteiger partial charge in [0.25, 0.3) is 0 Å². The van der Waals surface area contributed by atoms with Crippen LogP contribution in [0.2, 0.25) is 0 Å². The van der Waals surface area contributed by atoms with Crippen molar-refractivity contribution in [2.24, 2.45) is 0 Å². The molecule has 3 nitrogen and oxygen atoms in total. The van der Waals surface area contributed by atoms with E-state index in [9.17, 15) is 0 Å². The Balaban J connectivity index is 2.35. The second-order valence-corrected chi connectivity index (χ2v) is 4.38. The fourth-order valence-corrected chi connectivity index (χ4v) is 2.37. The number of para-hydroxylation sites is 1. The van der Waals surface area contributed by atoms with Crippen LogP contribution in [-0.4, -0.2) is 13.2 Å². The highest BCUT2D eigenvalue weighted by Crippen LogP contribution is 2.42. The van der Waals surface area contributed by atoms with Crippen LogP contribution in [0.1, 0.15) is 24.9 Å². The van der Waals surface area contributed by atoms with Gasteiger partial charge in [0.2, 0.25) is 0 Å². The molecule has 1 aliphatic rings. The minimum atomic E-state index is 0.118. The Labute approximate surface area is 97.8 Å². The van der Waals surface area contributed by atoms with E-state index in [0.717, 1.165) is 22.2 Å². The van der Waals surface area contributed by atoms with Gasteiger partial charge in [0.1, 0.15) is 11.9 Å². The van der Waals surface area contributed by atoms with Gasteiger partial charge >= 0.3 is 0 Å². The second-order valence-electron chi connectivity index (χ2n) is 3.52.